The highest BCUT2D eigenvalue weighted by Crippen LogP contribution is 2.28. The van der Waals surface area contributed by atoms with Gasteiger partial charge in [-0.3, -0.25) is 4.79 Å². The number of hydrogen-bond donors (Lipinski definition) is 2. The van der Waals surface area contributed by atoms with Gasteiger partial charge in [0.15, 0.2) is 6.61 Å². The molecule has 0 saturated carbocycles. The molecule has 19 heavy (non-hydrogen) atoms. The lowest BCUT2D eigenvalue weighted by Crippen LogP contribution is -2.33. The second-order valence-corrected chi connectivity index (χ2v) is 4.59. The van der Waals surface area contributed by atoms with Crippen molar-refractivity contribution in [3.63, 3.8) is 0 Å². The summed E-state index contributed by atoms with van der Waals surface area (Å²) in [6.07, 6.45) is 1.05. The van der Waals surface area contributed by atoms with Crippen LogP contribution >= 0.6 is 0 Å². The molecule has 0 fully saturated rings. The zero-order chi connectivity index (χ0) is 14.1. The molecule has 1 aromatic rings. The lowest BCUT2D eigenvalue weighted by Gasteiger charge is -2.15. The second-order valence-electron chi connectivity index (χ2n) is 4.59. The summed E-state index contributed by atoms with van der Waals surface area (Å²) in [5.74, 6) is 1.15. The highest BCUT2D eigenvalue weighted by molar-refractivity contribution is 5.77. The monoisotopic (exact) mass is 264 g/mol. The molecule has 1 atom stereocenters. The van der Waals surface area contributed by atoms with Crippen LogP contribution < -0.4 is 15.4 Å². The topological polar surface area (TPSA) is 50.4 Å². The number of carbonyl (C=O) groups is 1. The number of para-hydroxylation sites is 1. The van der Waals surface area contributed by atoms with Crippen LogP contribution in [-0.2, 0) is 4.79 Å². The molecular formula is C15H24N2O2. The van der Waals surface area contributed by atoms with Crippen LogP contribution in [0.5, 0.6) is 5.75 Å². The Balaban J connectivity index is 2.50. The molecule has 0 saturated heterocycles. The van der Waals surface area contributed by atoms with Crippen LogP contribution in [-0.4, -0.2) is 32.7 Å². The van der Waals surface area contributed by atoms with Gasteiger partial charge in [-0.1, -0.05) is 32.0 Å². The molecule has 0 aromatic heterocycles. The summed E-state index contributed by atoms with van der Waals surface area (Å²) in [4.78, 5) is 11.6. The lowest BCUT2D eigenvalue weighted by atomic mass is 9.98. The maximum atomic E-state index is 11.6. The van der Waals surface area contributed by atoms with Crippen molar-refractivity contribution < 1.29 is 9.53 Å². The zero-order valence-electron chi connectivity index (χ0n) is 12.0. The summed E-state index contributed by atoms with van der Waals surface area (Å²) in [5, 5.41) is 5.76. The molecule has 1 unspecified atom stereocenters. The highest BCUT2D eigenvalue weighted by Gasteiger charge is 2.10. The van der Waals surface area contributed by atoms with E-state index >= 15 is 0 Å². The van der Waals surface area contributed by atoms with Crippen LogP contribution in [0.3, 0.4) is 0 Å². The van der Waals surface area contributed by atoms with Gasteiger partial charge in [-0.25, -0.2) is 0 Å². The fourth-order valence-corrected chi connectivity index (χ4v) is 1.76. The van der Waals surface area contributed by atoms with Crippen molar-refractivity contribution in [1.29, 1.82) is 0 Å². The summed E-state index contributed by atoms with van der Waals surface area (Å²) in [7, 11) is 1.85. The van der Waals surface area contributed by atoms with Crippen molar-refractivity contribution >= 4 is 5.91 Å². The summed E-state index contributed by atoms with van der Waals surface area (Å²) in [6.45, 7) is 5.75. The van der Waals surface area contributed by atoms with E-state index in [0.717, 1.165) is 24.3 Å². The van der Waals surface area contributed by atoms with E-state index in [1.165, 1.54) is 0 Å². The quantitative estimate of drug-likeness (QED) is 0.705. The molecule has 0 aliphatic rings. The van der Waals surface area contributed by atoms with E-state index in [0.29, 0.717) is 12.5 Å². The molecule has 0 spiro atoms. The molecule has 4 heteroatoms. The van der Waals surface area contributed by atoms with E-state index in [-0.39, 0.29) is 12.5 Å². The van der Waals surface area contributed by atoms with Gasteiger partial charge in [0, 0.05) is 13.1 Å². The molecule has 0 aliphatic carbocycles. The zero-order valence-corrected chi connectivity index (χ0v) is 12.0. The minimum absolute atomic E-state index is 0.0666. The summed E-state index contributed by atoms with van der Waals surface area (Å²) < 4.78 is 5.62. The molecular weight excluding hydrogens is 240 g/mol. The molecule has 0 radical (unpaired) electrons. The number of amides is 1. The third-order valence-corrected chi connectivity index (χ3v) is 3.12. The van der Waals surface area contributed by atoms with Crippen molar-refractivity contribution in [3.8, 4) is 5.75 Å². The van der Waals surface area contributed by atoms with Crippen LogP contribution in [0.25, 0.3) is 0 Å². The van der Waals surface area contributed by atoms with Crippen molar-refractivity contribution in [2.24, 2.45) is 0 Å². The maximum Gasteiger partial charge on any atom is 0.257 e. The molecule has 0 aliphatic heterocycles. The van der Waals surface area contributed by atoms with Gasteiger partial charge in [0.1, 0.15) is 5.75 Å². The first-order valence-corrected chi connectivity index (χ1v) is 6.82. The summed E-state index contributed by atoms with van der Waals surface area (Å²) in [5.41, 5.74) is 1.16. The Hall–Kier alpha value is -1.55. The standard InChI is InChI=1S/C15H24N2O2/c1-4-12(2)13-7-5-6-8-14(13)19-11-15(18)17-10-9-16-3/h5-8,12,16H,4,9-11H2,1-3H3,(H,17,18). The third kappa shape index (κ3) is 5.30. The number of ether oxygens (including phenoxy) is 1. The Morgan fingerprint density at radius 3 is 2.74 bits per heavy atom. The molecule has 1 aromatic carbocycles. The van der Waals surface area contributed by atoms with Gasteiger partial charge in [0.25, 0.3) is 5.91 Å². The number of carbonyl (C=O) groups excluding carboxylic acids is 1. The first kappa shape index (κ1) is 15.5. The van der Waals surface area contributed by atoms with E-state index < -0.39 is 0 Å². The Kier molecular flexibility index (Phi) is 6.97. The molecule has 2 N–H and O–H groups in total. The van der Waals surface area contributed by atoms with Gasteiger partial charge in [-0.05, 0) is 31.0 Å². The van der Waals surface area contributed by atoms with E-state index in [1.54, 1.807) is 0 Å². The summed E-state index contributed by atoms with van der Waals surface area (Å²) in [6, 6.07) is 7.91. The molecule has 106 valence electrons. The minimum atomic E-state index is -0.0887. The fraction of sp³-hybridized carbons (Fsp3) is 0.533. The van der Waals surface area contributed by atoms with Gasteiger partial charge in [-0.15, -0.1) is 0 Å². The Morgan fingerprint density at radius 1 is 1.32 bits per heavy atom. The van der Waals surface area contributed by atoms with Crippen LogP contribution in [0.2, 0.25) is 0 Å². The van der Waals surface area contributed by atoms with Crippen LogP contribution in [0.4, 0.5) is 0 Å². The molecule has 0 bridgehead atoms. The average molecular weight is 264 g/mol. The first-order valence-electron chi connectivity index (χ1n) is 6.82. The normalized spacial score (nSPS) is 11.9. The van der Waals surface area contributed by atoms with E-state index in [1.807, 2.05) is 25.2 Å². The predicted molar refractivity (Wildman–Crippen MR) is 77.6 cm³/mol. The van der Waals surface area contributed by atoms with Crippen LogP contribution in [0.15, 0.2) is 24.3 Å². The summed E-state index contributed by atoms with van der Waals surface area (Å²) >= 11 is 0. The van der Waals surface area contributed by atoms with Gasteiger partial charge in [0.2, 0.25) is 0 Å². The first-order chi connectivity index (χ1) is 9.19. The van der Waals surface area contributed by atoms with Crippen molar-refractivity contribution in [1.82, 2.24) is 10.6 Å². The lowest BCUT2D eigenvalue weighted by molar-refractivity contribution is -0.123. The van der Waals surface area contributed by atoms with E-state index in [4.69, 9.17) is 4.74 Å². The van der Waals surface area contributed by atoms with E-state index in [9.17, 15) is 4.79 Å². The average Bonchev–Trinajstić information content (AvgIpc) is 2.45. The number of nitrogens with one attached hydrogen (secondary N) is 2. The Bertz CT molecular complexity index is 393. The third-order valence-electron chi connectivity index (χ3n) is 3.12. The number of rotatable bonds is 8. The van der Waals surface area contributed by atoms with E-state index in [2.05, 4.69) is 30.5 Å². The maximum absolute atomic E-state index is 11.6. The Labute approximate surface area is 115 Å². The van der Waals surface area contributed by atoms with Crippen molar-refractivity contribution in [2.75, 3.05) is 26.7 Å². The van der Waals surface area contributed by atoms with Gasteiger partial charge < -0.3 is 15.4 Å². The smallest absolute Gasteiger partial charge is 0.257 e. The molecule has 0 heterocycles. The van der Waals surface area contributed by atoms with Gasteiger partial charge in [0.05, 0.1) is 0 Å². The van der Waals surface area contributed by atoms with Gasteiger partial charge in [-0.2, -0.15) is 0 Å². The Morgan fingerprint density at radius 2 is 2.05 bits per heavy atom. The molecule has 1 amide bonds. The van der Waals surface area contributed by atoms with Gasteiger partial charge >= 0.3 is 0 Å². The van der Waals surface area contributed by atoms with Crippen molar-refractivity contribution in [3.05, 3.63) is 29.8 Å². The minimum Gasteiger partial charge on any atom is -0.483 e. The molecule has 1 rings (SSSR count). The SMILES string of the molecule is CCC(C)c1ccccc1OCC(=O)NCCNC. The second kappa shape index (κ2) is 8.53. The largest absolute Gasteiger partial charge is 0.483 e. The number of hydrogen-bond acceptors (Lipinski definition) is 3. The predicted octanol–water partition coefficient (Wildman–Crippen LogP) is 1.91. The highest BCUT2D eigenvalue weighted by atomic mass is 16.5. The fourth-order valence-electron chi connectivity index (χ4n) is 1.76. The number of benzene rings is 1. The number of likely N-dealkylation sites (N-methyl/N-ethyl adjacent to an activating group) is 1. The van der Waals surface area contributed by atoms with Crippen LogP contribution in [0, 0.1) is 0 Å². The van der Waals surface area contributed by atoms with Crippen molar-refractivity contribution in [2.45, 2.75) is 26.2 Å². The van der Waals surface area contributed by atoms with Crippen LogP contribution in [0.1, 0.15) is 31.7 Å². The molecule has 4 nitrogen and oxygen atoms in total.